The zero-order chi connectivity index (χ0) is 12.5. The Morgan fingerprint density at radius 3 is 2.50 bits per heavy atom. The first kappa shape index (κ1) is 18.0. The zero-order valence-corrected chi connectivity index (χ0v) is 14.2. The van der Waals surface area contributed by atoms with Crippen LogP contribution in [-0.4, -0.2) is 38.8 Å². The van der Waals surface area contributed by atoms with Gasteiger partial charge in [-0.05, 0) is 38.5 Å². The van der Waals surface area contributed by atoms with Crippen molar-refractivity contribution in [2.24, 2.45) is 10.9 Å². The second-order valence-electron chi connectivity index (χ2n) is 4.85. The highest BCUT2D eigenvalue weighted by molar-refractivity contribution is 14.0. The van der Waals surface area contributed by atoms with Gasteiger partial charge < -0.3 is 15.4 Å². The summed E-state index contributed by atoms with van der Waals surface area (Å²) in [4.78, 5) is 4.49. The minimum Gasteiger partial charge on any atom is -0.383 e. The summed E-state index contributed by atoms with van der Waals surface area (Å²) in [5, 5.41) is 6.80. The van der Waals surface area contributed by atoms with Gasteiger partial charge in [0, 0.05) is 19.7 Å². The average molecular weight is 369 g/mol. The first-order valence-corrected chi connectivity index (χ1v) is 6.80. The molecule has 0 atom stereocenters. The van der Waals surface area contributed by atoms with Crippen molar-refractivity contribution in [3.63, 3.8) is 0 Å². The molecular weight excluding hydrogens is 341 g/mol. The molecule has 0 saturated heterocycles. The number of nitrogens with zero attached hydrogens (tertiary/aromatic N) is 1. The number of methoxy groups -OCH3 is 1. The summed E-state index contributed by atoms with van der Waals surface area (Å²) in [7, 11) is 1.71. The van der Waals surface area contributed by atoms with Crippen molar-refractivity contribution in [1.29, 1.82) is 0 Å². The number of aliphatic imine (C=N–C) groups is 1. The Labute approximate surface area is 128 Å². The normalized spacial score (nSPS) is 24.3. The van der Waals surface area contributed by atoms with Gasteiger partial charge >= 0.3 is 0 Å². The van der Waals surface area contributed by atoms with Gasteiger partial charge in [0.15, 0.2) is 5.96 Å². The van der Waals surface area contributed by atoms with E-state index in [0.717, 1.165) is 25.0 Å². The van der Waals surface area contributed by atoms with Crippen LogP contribution < -0.4 is 10.6 Å². The number of halogens is 1. The molecule has 0 bridgehead atoms. The van der Waals surface area contributed by atoms with E-state index < -0.39 is 0 Å². The quantitative estimate of drug-likeness (QED) is 0.339. The molecule has 1 fully saturated rings. The molecule has 1 rings (SSSR count). The molecule has 2 N–H and O–H groups in total. The molecule has 18 heavy (non-hydrogen) atoms. The molecule has 0 amide bonds. The molecule has 1 aliphatic rings. The summed E-state index contributed by atoms with van der Waals surface area (Å²) < 4.78 is 5.01. The lowest BCUT2D eigenvalue weighted by molar-refractivity contribution is 0.207. The number of nitrogens with one attached hydrogen (secondary N) is 2. The SMILES string of the molecule is CCNC(=NCCOC)NC1CCC(C)CC1.I. The molecule has 0 aromatic heterocycles. The predicted octanol–water partition coefficient (Wildman–Crippen LogP) is 2.38. The third kappa shape index (κ3) is 7.41. The molecule has 108 valence electrons. The van der Waals surface area contributed by atoms with Gasteiger partial charge in [0.05, 0.1) is 13.2 Å². The molecule has 4 nitrogen and oxygen atoms in total. The van der Waals surface area contributed by atoms with E-state index in [2.05, 4.69) is 29.5 Å². The average Bonchev–Trinajstić information content (AvgIpc) is 2.32. The van der Waals surface area contributed by atoms with Crippen molar-refractivity contribution in [3.05, 3.63) is 0 Å². The molecule has 0 unspecified atom stereocenters. The van der Waals surface area contributed by atoms with Crippen LogP contribution in [0.5, 0.6) is 0 Å². The smallest absolute Gasteiger partial charge is 0.191 e. The third-order valence-corrected chi connectivity index (χ3v) is 3.27. The fourth-order valence-electron chi connectivity index (χ4n) is 2.17. The van der Waals surface area contributed by atoms with Gasteiger partial charge in [-0.15, -0.1) is 24.0 Å². The Morgan fingerprint density at radius 2 is 1.94 bits per heavy atom. The number of hydrogen-bond donors (Lipinski definition) is 2. The summed E-state index contributed by atoms with van der Waals surface area (Å²) in [6, 6.07) is 0.589. The van der Waals surface area contributed by atoms with Crippen molar-refractivity contribution < 1.29 is 4.74 Å². The summed E-state index contributed by atoms with van der Waals surface area (Å²) in [6.07, 6.45) is 5.18. The van der Waals surface area contributed by atoms with E-state index in [1.165, 1.54) is 25.7 Å². The molecule has 1 aliphatic carbocycles. The Hall–Kier alpha value is -0.0400. The highest BCUT2D eigenvalue weighted by atomic mass is 127. The molecule has 0 radical (unpaired) electrons. The maximum absolute atomic E-state index is 5.01. The lowest BCUT2D eigenvalue weighted by atomic mass is 9.87. The Balaban J connectivity index is 0.00000289. The maximum Gasteiger partial charge on any atom is 0.191 e. The van der Waals surface area contributed by atoms with Crippen molar-refractivity contribution in [2.75, 3.05) is 26.8 Å². The van der Waals surface area contributed by atoms with E-state index in [1.807, 2.05) is 0 Å². The fraction of sp³-hybridized carbons (Fsp3) is 0.923. The van der Waals surface area contributed by atoms with Crippen LogP contribution in [0.15, 0.2) is 4.99 Å². The molecule has 1 saturated carbocycles. The van der Waals surface area contributed by atoms with Crippen molar-refractivity contribution in [1.82, 2.24) is 10.6 Å². The van der Waals surface area contributed by atoms with Gasteiger partial charge in [0.1, 0.15) is 0 Å². The molecule has 0 aromatic carbocycles. The van der Waals surface area contributed by atoms with E-state index in [4.69, 9.17) is 4.74 Å². The number of guanidine groups is 1. The van der Waals surface area contributed by atoms with Gasteiger partial charge in [0.2, 0.25) is 0 Å². The number of hydrogen-bond acceptors (Lipinski definition) is 2. The maximum atomic E-state index is 5.01. The number of ether oxygens (including phenoxy) is 1. The molecule has 0 aromatic rings. The Kier molecular flexibility index (Phi) is 10.8. The fourth-order valence-corrected chi connectivity index (χ4v) is 2.17. The topological polar surface area (TPSA) is 45.7 Å². The second kappa shape index (κ2) is 10.8. The Bertz CT molecular complexity index is 228. The highest BCUT2D eigenvalue weighted by Crippen LogP contribution is 2.23. The molecule has 5 heteroatoms. The zero-order valence-electron chi connectivity index (χ0n) is 11.9. The van der Waals surface area contributed by atoms with Crippen LogP contribution in [0, 0.1) is 5.92 Å². The molecular formula is C13H28IN3O. The van der Waals surface area contributed by atoms with E-state index in [0.29, 0.717) is 12.6 Å². The van der Waals surface area contributed by atoms with Crippen LogP contribution in [0.3, 0.4) is 0 Å². The lowest BCUT2D eigenvalue weighted by Gasteiger charge is -2.28. The van der Waals surface area contributed by atoms with Crippen LogP contribution >= 0.6 is 24.0 Å². The lowest BCUT2D eigenvalue weighted by Crippen LogP contribution is -2.44. The second-order valence-corrected chi connectivity index (χ2v) is 4.85. The van der Waals surface area contributed by atoms with Crippen molar-refractivity contribution >= 4 is 29.9 Å². The monoisotopic (exact) mass is 369 g/mol. The third-order valence-electron chi connectivity index (χ3n) is 3.27. The minimum atomic E-state index is 0. The van der Waals surface area contributed by atoms with Gasteiger partial charge in [-0.25, -0.2) is 0 Å². The van der Waals surface area contributed by atoms with Crippen molar-refractivity contribution in [2.45, 2.75) is 45.6 Å². The number of rotatable bonds is 5. The highest BCUT2D eigenvalue weighted by Gasteiger charge is 2.18. The van der Waals surface area contributed by atoms with Gasteiger partial charge in [-0.2, -0.15) is 0 Å². The summed E-state index contributed by atoms with van der Waals surface area (Å²) in [5.74, 6) is 1.82. The summed E-state index contributed by atoms with van der Waals surface area (Å²) in [5.41, 5.74) is 0. The summed E-state index contributed by atoms with van der Waals surface area (Å²) >= 11 is 0. The first-order valence-electron chi connectivity index (χ1n) is 6.80. The van der Waals surface area contributed by atoms with E-state index in [9.17, 15) is 0 Å². The van der Waals surface area contributed by atoms with Crippen LogP contribution in [0.2, 0.25) is 0 Å². The molecule has 0 heterocycles. The van der Waals surface area contributed by atoms with Crippen LogP contribution in [0.1, 0.15) is 39.5 Å². The minimum absolute atomic E-state index is 0. The van der Waals surface area contributed by atoms with Crippen molar-refractivity contribution in [3.8, 4) is 0 Å². The van der Waals surface area contributed by atoms with E-state index in [1.54, 1.807) is 7.11 Å². The van der Waals surface area contributed by atoms with E-state index >= 15 is 0 Å². The predicted molar refractivity (Wildman–Crippen MR) is 87.8 cm³/mol. The van der Waals surface area contributed by atoms with Gasteiger partial charge in [-0.1, -0.05) is 6.92 Å². The first-order chi connectivity index (χ1) is 8.26. The van der Waals surface area contributed by atoms with Gasteiger partial charge in [0.25, 0.3) is 0 Å². The largest absolute Gasteiger partial charge is 0.383 e. The van der Waals surface area contributed by atoms with Gasteiger partial charge in [-0.3, -0.25) is 4.99 Å². The van der Waals surface area contributed by atoms with Crippen LogP contribution in [0.25, 0.3) is 0 Å². The molecule has 0 aliphatic heterocycles. The van der Waals surface area contributed by atoms with E-state index in [-0.39, 0.29) is 24.0 Å². The van der Waals surface area contributed by atoms with Crippen LogP contribution in [0.4, 0.5) is 0 Å². The molecule has 0 spiro atoms. The Morgan fingerprint density at radius 1 is 1.28 bits per heavy atom. The standard InChI is InChI=1S/C13H27N3O.HI/c1-4-14-13(15-9-10-17-3)16-12-7-5-11(2)6-8-12;/h11-12H,4-10H2,1-3H3,(H2,14,15,16);1H. The van der Waals surface area contributed by atoms with Crippen LogP contribution in [-0.2, 0) is 4.74 Å². The summed E-state index contributed by atoms with van der Waals surface area (Å²) in [6.45, 7) is 6.74.